The highest BCUT2D eigenvalue weighted by Gasteiger charge is 2.65. The number of ether oxygens (including phenoxy) is 4. The van der Waals surface area contributed by atoms with Crippen molar-refractivity contribution >= 4 is 17.9 Å². The highest BCUT2D eigenvalue weighted by atomic mass is 16.7. The molecule has 1 heterocycles. The zero-order valence-corrected chi connectivity index (χ0v) is 36.6. The largest absolute Gasteiger partial charge is 0.459 e. The molecule has 1 fully saturated rings. The molecule has 3 N–H and O–H groups in total. The van der Waals surface area contributed by atoms with E-state index >= 15 is 4.79 Å². The number of hydrogen-bond acceptors (Lipinski definition) is 12. The Bertz CT molecular complexity index is 2140. The molecule has 63 heavy (non-hydrogen) atoms. The summed E-state index contributed by atoms with van der Waals surface area (Å²) in [5.74, 6) is -1.15. The van der Waals surface area contributed by atoms with Gasteiger partial charge in [0.05, 0.1) is 49.7 Å². The highest BCUT2D eigenvalue weighted by molar-refractivity contribution is 6.03. The van der Waals surface area contributed by atoms with E-state index in [0.717, 1.165) is 43.1 Å². The Morgan fingerprint density at radius 3 is 2.41 bits per heavy atom. The minimum atomic E-state index is -1.52. The van der Waals surface area contributed by atoms with Crippen LogP contribution in [0, 0.1) is 29.1 Å². The minimum Gasteiger partial charge on any atom is -0.459 e. The lowest BCUT2D eigenvalue weighted by Crippen LogP contribution is -2.70. The Hall–Kier alpha value is -5.36. The number of benzene rings is 3. The molecule has 1 amide bonds. The molecule has 3 aliphatic rings. The molecule has 0 bridgehead atoms. The molecular weight excluding hydrogens is 803 g/mol. The number of carbonyl (C=O) groups is 2. The number of fused-ring (bicyclic) bond motifs is 2. The van der Waals surface area contributed by atoms with Gasteiger partial charge in [-0.15, -0.1) is 6.58 Å². The number of aliphatic hydroxyl groups is 3. The molecule has 0 aromatic heterocycles. The van der Waals surface area contributed by atoms with Gasteiger partial charge < -0.3 is 44.0 Å². The van der Waals surface area contributed by atoms with Crippen LogP contribution in [-0.2, 0) is 14.3 Å². The van der Waals surface area contributed by atoms with Gasteiger partial charge in [-0.05, 0) is 118 Å². The summed E-state index contributed by atoms with van der Waals surface area (Å²) in [6.07, 6.45) is 9.21. The number of unbranched alkanes of at least 4 members (excludes halogenated alkanes) is 2. The number of nitriles is 1. The second-order valence-corrected chi connectivity index (χ2v) is 17.3. The molecule has 6 rings (SSSR count). The van der Waals surface area contributed by atoms with Crippen molar-refractivity contribution < 1.29 is 48.7 Å². The van der Waals surface area contributed by atoms with Crippen molar-refractivity contribution in [2.45, 2.75) is 89.1 Å². The summed E-state index contributed by atoms with van der Waals surface area (Å²) in [5, 5.41) is 44.0. The van der Waals surface area contributed by atoms with Gasteiger partial charge in [-0.2, -0.15) is 5.26 Å². The fourth-order valence-corrected chi connectivity index (χ4v) is 9.27. The first kappa shape index (κ1) is 47.1. The molecule has 3 aromatic carbocycles. The van der Waals surface area contributed by atoms with E-state index in [9.17, 15) is 25.4 Å². The number of amides is 1. The van der Waals surface area contributed by atoms with Crippen LogP contribution in [0.25, 0.3) is 0 Å². The van der Waals surface area contributed by atoms with Crippen LogP contribution in [0.3, 0.4) is 0 Å². The van der Waals surface area contributed by atoms with Gasteiger partial charge in [0.25, 0.3) is 5.91 Å². The summed E-state index contributed by atoms with van der Waals surface area (Å²) in [6, 6.07) is 20.4. The van der Waals surface area contributed by atoms with Crippen LogP contribution in [0.15, 0.2) is 96.2 Å². The molecule has 2 aliphatic carbocycles. The third-order valence-electron chi connectivity index (χ3n) is 11.9. The van der Waals surface area contributed by atoms with Gasteiger partial charge in [-0.3, -0.25) is 9.59 Å². The Morgan fingerprint density at radius 2 is 1.73 bits per heavy atom. The third kappa shape index (κ3) is 11.1. The summed E-state index contributed by atoms with van der Waals surface area (Å²) < 4.78 is 26.7. The standard InChI is InChI=1S/C50H61N3O10/c1-5-25-60-50-45(53(21-26-59-27-24-56)48(58)36-17-15-34(32-51)16-18-36)31-43(52-63-49(2,3)4)41-29-37(12-6-8-22-54)40(14-7-9-23-55)46(47(41)50)42-30-39(19-20-44(42)62-50)61-38-13-10-11-35(28-38)33-57/h5,10-11,13,15-20,28-30,33,37,40,45-47,54-56H,1,6-9,12,14,21-27,31H2,2-4H3. The summed E-state index contributed by atoms with van der Waals surface area (Å²) >= 11 is 0. The first-order valence-corrected chi connectivity index (χ1v) is 22.0. The van der Waals surface area contributed by atoms with E-state index < -0.39 is 23.3 Å². The van der Waals surface area contributed by atoms with Crippen LogP contribution in [-0.4, -0.2) is 102 Å². The Morgan fingerprint density at radius 1 is 0.984 bits per heavy atom. The first-order valence-electron chi connectivity index (χ1n) is 22.0. The lowest BCUT2D eigenvalue weighted by Gasteiger charge is -2.60. The van der Waals surface area contributed by atoms with Crippen LogP contribution in [0.5, 0.6) is 17.2 Å². The molecule has 0 spiro atoms. The average molecular weight is 864 g/mol. The van der Waals surface area contributed by atoms with Crippen molar-refractivity contribution in [2.24, 2.45) is 22.9 Å². The van der Waals surface area contributed by atoms with Crippen molar-refractivity contribution in [1.82, 2.24) is 4.90 Å². The van der Waals surface area contributed by atoms with Crippen molar-refractivity contribution in [3.63, 3.8) is 0 Å². The number of rotatable bonds is 22. The third-order valence-corrected chi connectivity index (χ3v) is 11.9. The molecule has 13 heteroatoms. The van der Waals surface area contributed by atoms with Gasteiger partial charge in [0.2, 0.25) is 5.79 Å². The summed E-state index contributed by atoms with van der Waals surface area (Å²) in [4.78, 5) is 34.7. The number of allylic oxidation sites excluding steroid dienone is 1. The summed E-state index contributed by atoms with van der Waals surface area (Å²) in [5.41, 5.74) is 2.99. The number of oxime groups is 1. The number of hydrogen-bond donors (Lipinski definition) is 3. The van der Waals surface area contributed by atoms with Gasteiger partial charge in [0.15, 0.2) is 0 Å². The summed E-state index contributed by atoms with van der Waals surface area (Å²) in [6.45, 7) is 10.1. The fourth-order valence-electron chi connectivity index (χ4n) is 9.27. The number of nitrogens with zero attached hydrogens (tertiary/aromatic N) is 3. The zero-order chi connectivity index (χ0) is 45.0. The number of aldehydes is 1. The molecule has 1 aliphatic heterocycles. The van der Waals surface area contributed by atoms with E-state index in [4.69, 9.17) is 28.9 Å². The van der Waals surface area contributed by atoms with Crippen molar-refractivity contribution in [3.8, 4) is 23.3 Å². The second-order valence-electron chi connectivity index (χ2n) is 17.3. The fraction of sp³-hybridized carbons (Fsp3) is 0.480. The molecule has 0 saturated heterocycles. The smallest absolute Gasteiger partial charge is 0.254 e. The lowest BCUT2D eigenvalue weighted by atomic mass is 9.55. The minimum absolute atomic E-state index is 0.0167. The van der Waals surface area contributed by atoms with Crippen LogP contribution in [0.2, 0.25) is 0 Å². The normalized spacial score (nSPS) is 23.0. The van der Waals surface area contributed by atoms with Gasteiger partial charge in [0, 0.05) is 48.8 Å². The Kier molecular flexibility index (Phi) is 16.3. The molecule has 0 radical (unpaired) electrons. The van der Waals surface area contributed by atoms with Gasteiger partial charge >= 0.3 is 0 Å². The average Bonchev–Trinajstić information content (AvgIpc) is 3.28. The van der Waals surface area contributed by atoms with Crippen molar-refractivity contribution in [1.29, 1.82) is 5.26 Å². The number of aliphatic hydroxyl groups excluding tert-OH is 3. The molecule has 3 aromatic rings. The summed E-state index contributed by atoms with van der Waals surface area (Å²) in [7, 11) is 0. The van der Waals surface area contributed by atoms with E-state index in [2.05, 4.69) is 18.7 Å². The predicted octanol–water partition coefficient (Wildman–Crippen LogP) is 7.75. The van der Waals surface area contributed by atoms with Crippen LogP contribution in [0.1, 0.15) is 103 Å². The van der Waals surface area contributed by atoms with E-state index in [1.54, 1.807) is 59.5 Å². The topological polar surface area (TPSA) is 180 Å². The Balaban J connectivity index is 1.62. The highest BCUT2D eigenvalue weighted by Crippen LogP contribution is 2.62. The molecule has 13 nitrogen and oxygen atoms in total. The maximum absolute atomic E-state index is 15.1. The maximum Gasteiger partial charge on any atom is 0.254 e. The van der Waals surface area contributed by atoms with Gasteiger partial charge in [-0.25, -0.2) is 0 Å². The van der Waals surface area contributed by atoms with Gasteiger partial charge in [0.1, 0.15) is 35.2 Å². The zero-order valence-electron chi connectivity index (χ0n) is 36.6. The lowest BCUT2D eigenvalue weighted by molar-refractivity contribution is -0.254. The molecule has 6 unspecified atom stereocenters. The van der Waals surface area contributed by atoms with E-state index in [0.29, 0.717) is 52.5 Å². The SMILES string of the molecule is C=CCOC12Oc3ccc(Oc4cccc(C=O)c4)cc3C3C(CCCCO)C(CCCCO)C=C(C(=NOC(C)(C)C)CC1N(CCOCCO)C(=O)c1ccc(C#N)cc1)C32. The predicted molar refractivity (Wildman–Crippen MR) is 238 cm³/mol. The molecular formula is C50H61N3O10. The Labute approximate surface area is 370 Å². The monoisotopic (exact) mass is 863 g/mol. The molecule has 336 valence electrons. The quantitative estimate of drug-likeness (QED) is 0.0389. The first-order chi connectivity index (χ1) is 30.5. The van der Waals surface area contributed by atoms with Gasteiger partial charge in [-0.1, -0.05) is 42.3 Å². The van der Waals surface area contributed by atoms with E-state index in [-0.39, 0.29) is 76.3 Å². The van der Waals surface area contributed by atoms with E-state index in [1.807, 2.05) is 39.0 Å². The molecule has 1 saturated carbocycles. The van der Waals surface area contributed by atoms with Crippen LogP contribution < -0.4 is 9.47 Å². The van der Waals surface area contributed by atoms with Crippen LogP contribution in [0.4, 0.5) is 0 Å². The van der Waals surface area contributed by atoms with Crippen molar-refractivity contribution in [2.75, 3.05) is 46.2 Å². The van der Waals surface area contributed by atoms with E-state index in [1.165, 1.54) is 0 Å². The second kappa shape index (κ2) is 21.8. The number of carbonyl (C=O) groups excluding carboxylic acids is 2. The van der Waals surface area contributed by atoms with Crippen molar-refractivity contribution in [3.05, 3.63) is 113 Å². The van der Waals surface area contributed by atoms with Crippen LogP contribution >= 0.6 is 0 Å². The molecule has 6 atom stereocenters. The maximum atomic E-state index is 15.1.